The molecule has 29 heavy (non-hydrogen) atoms. The largest absolute Gasteiger partial charge is 0.497 e. The van der Waals surface area contributed by atoms with Crippen molar-refractivity contribution in [3.63, 3.8) is 0 Å². The summed E-state index contributed by atoms with van der Waals surface area (Å²) in [7, 11) is 1.47. The molecule has 1 aliphatic rings. The van der Waals surface area contributed by atoms with Crippen molar-refractivity contribution in [1.29, 1.82) is 0 Å². The van der Waals surface area contributed by atoms with Gasteiger partial charge >= 0.3 is 5.69 Å². The Kier molecular flexibility index (Phi) is 6.79. The second-order valence-corrected chi connectivity index (χ2v) is 7.25. The third-order valence-electron chi connectivity index (χ3n) is 4.68. The van der Waals surface area contributed by atoms with Crippen LogP contribution in [0.25, 0.3) is 0 Å². The molecule has 1 saturated heterocycles. The van der Waals surface area contributed by atoms with Crippen LogP contribution in [0.15, 0.2) is 42.5 Å². The molecule has 0 amide bonds. The van der Waals surface area contributed by atoms with E-state index in [2.05, 4.69) is 0 Å². The Labute approximate surface area is 173 Å². The first-order valence-electron chi connectivity index (χ1n) is 9.21. The lowest BCUT2D eigenvalue weighted by Crippen LogP contribution is -2.46. The molecule has 0 aliphatic carbocycles. The summed E-state index contributed by atoms with van der Waals surface area (Å²) < 4.78 is 17.0. The molecule has 0 aromatic heterocycles. The van der Waals surface area contributed by atoms with Crippen molar-refractivity contribution in [2.75, 3.05) is 20.2 Å². The summed E-state index contributed by atoms with van der Waals surface area (Å²) in [6.07, 6.45) is -1.01. The normalized spacial score (nSPS) is 18.8. The third kappa shape index (κ3) is 5.29. The maximum atomic E-state index is 11.4. The number of hydrogen-bond donors (Lipinski definition) is 1. The van der Waals surface area contributed by atoms with Gasteiger partial charge in [-0.05, 0) is 43.7 Å². The lowest BCUT2D eigenvalue weighted by atomic mass is 10.2. The molecule has 1 heterocycles. The van der Waals surface area contributed by atoms with E-state index in [4.69, 9.17) is 25.8 Å². The second kappa shape index (κ2) is 9.30. The van der Waals surface area contributed by atoms with Gasteiger partial charge in [0.05, 0.1) is 12.0 Å². The lowest BCUT2D eigenvalue weighted by Gasteiger charge is -2.30. The first kappa shape index (κ1) is 21.2. The van der Waals surface area contributed by atoms with Crippen molar-refractivity contribution in [3.05, 3.63) is 57.6 Å². The van der Waals surface area contributed by atoms with E-state index < -0.39 is 17.3 Å². The number of methoxy groups -OCH3 is 1. The number of likely N-dealkylation sites (tertiary alicyclic amines) is 1. The topological polar surface area (TPSA) is 94.3 Å². The average Bonchev–Trinajstić information content (AvgIpc) is 3.15. The molecule has 2 aromatic rings. The number of benzene rings is 2. The molecule has 0 spiro atoms. The lowest BCUT2D eigenvalue weighted by molar-refractivity contribution is -0.386. The van der Waals surface area contributed by atoms with E-state index in [1.165, 1.54) is 25.3 Å². The third-order valence-corrected chi connectivity index (χ3v) is 4.93. The quantitative estimate of drug-likeness (QED) is 0.514. The van der Waals surface area contributed by atoms with Gasteiger partial charge in [0.15, 0.2) is 6.23 Å². The summed E-state index contributed by atoms with van der Waals surface area (Å²) in [5.74, 6) is 1.18. The number of nitro benzene ring substituents is 1. The molecular formula is C20H23ClN2O6. The number of nitrogens with zero attached hydrogens (tertiary/aromatic N) is 2. The monoisotopic (exact) mass is 422 g/mol. The number of aliphatic hydroxyl groups excluding tert-OH is 1. The van der Waals surface area contributed by atoms with Gasteiger partial charge in [-0.15, -0.1) is 0 Å². The summed E-state index contributed by atoms with van der Waals surface area (Å²) >= 11 is 5.90. The van der Waals surface area contributed by atoms with E-state index in [-0.39, 0.29) is 17.5 Å². The number of hydrogen-bond acceptors (Lipinski definition) is 7. The minimum Gasteiger partial charge on any atom is -0.497 e. The minimum atomic E-state index is -0.880. The predicted molar refractivity (Wildman–Crippen MR) is 108 cm³/mol. The SMILES string of the molecule is COc1ccc([N+](=O)[O-])c(OC(C(C)O)N2CCC(Oc3ccc(Cl)cc3)C2)c1. The average molecular weight is 423 g/mol. The van der Waals surface area contributed by atoms with Gasteiger partial charge in [-0.25, -0.2) is 0 Å². The second-order valence-electron chi connectivity index (χ2n) is 6.82. The highest BCUT2D eigenvalue weighted by molar-refractivity contribution is 6.30. The number of nitro groups is 1. The van der Waals surface area contributed by atoms with Crippen LogP contribution in [-0.4, -0.2) is 53.6 Å². The fourth-order valence-corrected chi connectivity index (χ4v) is 3.39. The van der Waals surface area contributed by atoms with Crippen molar-refractivity contribution in [1.82, 2.24) is 4.90 Å². The minimum absolute atomic E-state index is 0.0438. The van der Waals surface area contributed by atoms with Crippen molar-refractivity contribution in [3.8, 4) is 17.2 Å². The Morgan fingerprint density at radius 2 is 1.93 bits per heavy atom. The Bertz CT molecular complexity index is 845. The summed E-state index contributed by atoms with van der Waals surface area (Å²) in [4.78, 5) is 12.7. The number of halogens is 1. The highest BCUT2D eigenvalue weighted by Gasteiger charge is 2.34. The summed E-state index contributed by atoms with van der Waals surface area (Å²) in [5.41, 5.74) is -0.190. The number of aliphatic hydroxyl groups is 1. The molecule has 0 radical (unpaired) electrons. The van der Waals surface area contributed by atoms with Crippen molar-refractivity contribution in [2.45, 2.75) is 31.8 Å². The Morgan fingerprint density at radius 3 is 2.55 bits per heavy atom. The molecule has 9 heteroatoms. The van der Waals surface area contributed by atoms with Gasteiger partial charge in [-0.3, -0.25) is 15.0 Å². The zero-order valence-electron chi connectivity index (χ0n) is 16.2. The molecular weight excluding hydrogens is 400 g/mol. The molecule has 0 saturated carbocycles. The van der Waals surface area contributed by atoms with Crippen LogP contribution in [0.5, 0.6) is 17.2 Å². The molecule has 1 fully saturated rings. The van der Waals surface area contributed by atoms with Crippen LogP contribution in [0.1, 0.15) is 13.3 Å². The van der Waals surface area contributed by atoms with Crippen molar-refractivity contribution in [2.24, 2.45) is 0 Å². The fourth-order valence-electron chi connectivity index (χ4n) is 3.26. The molecule has 8 nitrogen and oxygen atoms in total. The first-order chi connectivity index (χ1) is 13.9. The molecule has 1 aliphatic heterocycles. The molecule has 3 rings (SSSR count). The molecule has 3 unspecified atom stereocenters. The molecule has 156 valence electrons. The molecule has 2 aromatic carbocycles. The Hall–Kier alpha value is -2.55. The zero-order chi connectivity index (χ0) is 21.0. The zero-order valence-corrected chi connectivity index (χ0v) is 16.9. The molecule has 0 bridgehead atoms. The highest BCUT2D eigenvalue weighted by atomic mass is 35.5. The Morgan fingerprint density at radius 1 is 1.24 bits per heavy atom. The predicted octanol–water partition coefficient (Wildman–Crippen LogP) is 3.50. The van der Waals surface area contributed by atoms with E-state index in [9.17, 15) is 15.2 Å². The van der Waals surface area contributed by atoms with Crippen LogP contribution in [0.3, 0.4) is 0 Å². The van der Waals surface area contributed by atoms with Crippen LogP contribution in [-0.2, 0) is 0 Å². The maximum Gasteiger partial charge on any atom is 0.311 e. The summed E-state index contributed by atoms with van der Waals surface area (Å²) in [6.45, 7) is 2.71. The standard InChI is InChI=1S/C20H23ClN2O6/c1-13(24)20(29-19-11-16(27-2)7-8-18(19)23(25)26)22-10-9-17(12-22)28-15-5-3-14(21)4-6-15/h3-8,11,13,17,20,24H,9-10,12H2,1-2H3. The van der Waals surface area contributed by atoms with Gasteiger partial charge in [0.1, 0.15) is 23.7 Å². The number of ether oxygens (including phenoxy) is 3. The number of rotatable bonds is 8. The van der Waals surface area contributed by atoms with E-state index in [0.717, 1.165) is 6.42 Å². The van der Waals surface area contributed by atoms with E-state index in [1.807, 2.05) is 4.90 Å². The first-order valence-corrected chi connectivity index (χ1v) is 9.58. The van der Waals surface area contributed by atoms with E-state index >= 15 is 0 Å². The van der Waals surface area contributed by atoms with Crippen LogP contribution in [0.4, 0.5) is 5.69 Å². The van der Waals surface area contributed by atoms with Crippen LogP contribution < -0.4 is 14.2 Å². The van der Waals surface area contributed by atoms with Gasteiger partial charge in [0, 0.05) is 30.2 Å². The highest BCUT2D eigenvalue weighted by Crippen LogP contribution is 2.33. The van der Waals surface area contributed by atoms with Crippen molar-refractivity contribution < 1.29 is 24.2 Å². The van der Waals surface area contributed by atoms with Crippen LogP contribution >= 0.6 is 11.6 Å². The van der Waals surface area contributed by atoms with Gasteiger partial charge in [-0.1, -0.05) is 11.6 Å². The van der Waals surface area contributed by atoms with Gasteiger partial charge in [0.25, 0.3) is 0 Å². The maximum absolute atomic E-state index is 11.4. The Balaban J connectivity index is 1.72. The van der Waals surface area contributed by atoms with E-state index in [1.54, 1.807) is 31.2 Å². The molecule has 1 N–H and O–H groups in total. The van der Waals surface area contributed by atoms with Gasteiger partial charge in [0.2, 0.25) is 5.75 Å². The van der Waals surface area contributed by atoms with E-state index in [0.29, 0.717) is 29.6 Å². The molecule has 3 atom stereocenters. The van der Waals surface area contributed by atoms with Crippen LogP contribution in [0.2, 0.25) is 5.02 Å². The van der Waals surface area contributed by atoms with Crippen molar-refractivity contribution >= 4 is 17.3 Å². The fraction of sp³-hybridized carbons (Fsp3) is 0.400. The van der Waals surface area contributed by atoms with Gasteiger partial charge in [-0.2, -0.15) is 0 Å². The van der Waals surface area contributed by atoms with Gasteiger partial charge < -0.3 is 19.3 Å². The smallest absolute Gasteiger partial charge is 0.311 e. The van der Waals surface area contributed by atoms with Crippen LogP contribution in [0, 0.1) is 10.1 Å². The summed E-state index contributed by atoms with van der Waals surface area (Å²) in [6, 6.07) is 11.4. The summed E-state index contributed by atoms with van der Waals surface area (Å²) in [5, 5.41) is 22.3.